The van der Waals surface area contributed by atoms with Crippen molar-refractivity contribution in [2.75, 3.05) is 14.1 Å². The average Bonchev–Trinajstić information content (AvgIpc) is 3.10. The van der Waals surface area contributed by atoms with Crippen molar-refractivity contribution in [3.8, 4) is 0 Å². The van der Waals surface area contributed by atoms with Crippen LogP contribution in [0.5, 0.6) is 0 Å². The smallest absolute Gasteiger partial charge is 0.253 e. The summed E-state index contributed by atoms with van der Waals surface area (Å²) in [6, 6.07) is 13.7. The van der Waals surface area contributed by atoms with E-state index in [9.17, 15) is 4.79 Å². The van der Waals surface area contributed by atoms with Crippen LogP contribution in [0.3, 0.4) is 0 Å². The lowest BCUT2D eigenvalue weighted by atomic mass is 9.82. The zero-order valence-electron chi connectivity index (χ0n) is 16.1. The minimum absolute atomic E-state index is 0.0892. The number of thiol groups is 1. The number of nitrogens with zero attached hydrogens (tertiary/aromatic N) is 1. The second kappa shape index (κ2) is 8.26. The molecule has 144 valence electrons. The maximum Gasteiger partial charge on any atom is 0.253 e. The predicted octanol–water partition coefficient (Wildman–Crippen LogP) is 5.28. The molecule has 1 atom stereocenters. The van der Waals surface area contributed by atoms with E-state index < -0.39 is 0 Å². The molecule has 1 amide bonds. The molecule has 0 saturated heterocycles. The van der Waals surface area contributed by atoms with Gasteiger partial charge in [0.05, 0.1) is 11.6 Å². The van der Waals surface area contributed by atoms with Gasteiger partial charge in [-0.05, 0) is 57.1 Å². The van der Waals surface area contributed by atoms with Crippen LogP contribution in [-0.4, -0.2) is 30.4 Å². The van der Waals surface area contributed by atoms with Crippen LogP contribution in [-0.2, 0) is 0 Å². The number of halogens is 1. The Hall–Kier alpha value is -1.49. The molecule has 1 unspecified atom stereocenters. The lowest BCUT2D eigenvalue weighted by Crippen LogP contribution is -2.53. The fourth-order valence-electron chi connectivity index (χ4n) is 4.38. The summed E-state index contributed by atoms with van der Waals surface area (Å²) < 4.78 is 0. The van der Waals surface area contributed by atoms with Crippen LogP contribution in [0, 0.1) is 6.92 Å². The van der Waals surface area contributed by atoms with E-state index in [1.165, 1.54) is 12.8 Å². The number of aryl methyl sites for hydroxylation is 1. The molecule has 3 rings (SSSR count). The lowest BCUT2D eigenvalue weighted by Gasteiger charge is -2.44. The summed E-state index contributed by atoms with van der Waals surface area (Å²) in [5, 5.41) is 3.93. The van der Waals surface area contributed by atoms with E-state index in [2.05, 4.69) is 49.1 Å². The molecule has 2 aromatic carbocycles. The van der Waals surface area contributed by atoms with Crippen LogP contribution in [0.2, 0.25) is 5.02 Å². The van der Waals surface area contributed by atoms with E-state index in [1.54, 1.807) is 6.07 Å². The van der Waals surface area contributed by atoms with Gasteiger partial charge in [-0.15, -0.1) is 12.6 Å². The molecular formula is C22H27ClN2OS. The average molecular weight is 403 g/mol. The Morgan fingerprint density at radius 3 is 2.37 bits per heavy atom. The van der Waals surface area contributed by atoms with Crippen molar-refractivity contribution in [2.24, 2.45) is 0 Å². The first-order chi connectivity index (χ1) is 12.8. The van der Waals surface area contributed by atoms with E-state index >= 15 is 0 Å². The van der Waals surface area contributed by atoms with Crippen molar-refractivity contribution in [3.63, 3.8) is 0 Å². The molecule has 5 heteroatoms. The summed E-state index contributed by atoms with van der Waals surface area (Å²) in [5.74, 6) is -0.101. The summed E-state index contributed by atoms with van der Waals surface area (Å²) in [4.78, 5) is 16.2. The number of rotatable bonds is 5. The van der Waals surface area contributed by atoms with Crippen LogP contribution in [0.1, 0.15) is 53.2 Å². The number of hydrogen-bond acceptors (Lipinski definition) is 3. The third kappa shape index (κ3) is 4.03. The van der Waals surface area contributed by atoms with E-state index in [1.807, 2.05) is 31.2 Å². The highest BCUT2D eigenvalue weighted by atomic mass is 35.5. The number of nitrogens with one attached hydrogen (secondary N) is 1. The van der Waals surface area contributed by atoms with Gasteiger partial charge in [-0.25, -0.2) is 0 Å². The Balaban J connectivity index is 2.01. The standard InChI is InChI=1S/C22H27ClN2OS/c1-15-13-17(23)14-18(27)19(15)21(26)24-20(16-9-5-4-6-10-16)22(25(2)3)11-7-8-12-22/h4-6,9-10,13-14,20,27H,7-8,11-12H2,1-3H3,(H,24,26). The molecular weight excluding hydrogens is 376 g/mol. The minimum Gasteiger partial charge on any atom is -0.343 e. The normalized spacial score (nSPS) is 17.1. The topological polar surface area (TPSA) is 32.3 Å². The number of benzene rings is 2. The maximum absolute atomic E-state index is 13.3. The summed E-state index contributed by atoms with van der Waals surface area (Å²) in [6.45, 7) is 1.90. The number of amides is 1. The molecule has 2 aromatic rings. The SMILES string of the molecule is Cc1cc(Cl)cc(S)c1C(=O)NC(c1ccccc1)C1(N(C)C)CCCC1. The third-order valence-corrected chi connectivity index (χ3v) is 6.38. The van der Waals surface area contributed by atoms with Gasteiger partial charge in [0.1, 0.15) is 0 Å². The predicted molar refractivity (Wildman–Crippen MR) is 115 cm³/mol. The first kappa shape index (κ1) is 20.2. The Morgan fingerprint density at radius 1 is 1.19 bits per heavy atom. The molecule has 1 N–H and O–H groups in total. The van der Waals surface area contributed by atoms with Crippen molar-refractivity contribution in [1.82, 2.24) is 10.2 Å². The van der Waals surface area contributed by atoms with Gasteiger partial charge in [0, 0.05) is 15.5 Å². The molecule has 27 heavy (non-hydrogen) atoms. The van der Waals surface area contributed by atoms with Crippen LogP contribution >= 0.6 is 24.2 Å². The Bertz CT molecular complexity index is 793. The van der Waals surface area contributed by atoms with Gasteiger partial charge in [0.2, 0.25) is 0 Å². The summed E-state index contributed by atoms with van der Waals surface area (Å²) in [7, 11) is 4.23. The number of carbonyl (C=O) groups is 1. The highest BCUT2D eigenvalue weighted by Gasteiger charge is 2.44. The molecule has 0 spiro atoms. The summed E-state index contributed by atoms with van der Waals surface area (Å²) >= 11 is 10.6. The molecule has 0 heterocycles. The molecule has 1 fully saturated rings. The van der Waals surface area contributed by atoms with Gasteiger partial charge in [-0.1, -0.05) is 54.8 Å². The Kier molecular flexibility index (Phi) is 6.19. The maximum atomic E-state index is 13.3. The van der Waals surface area contributed by atoms with Gasteiger partial charge < -0.3 is 10.2 Å². The van der Waals surface area contributed by atoms with E-state index in [-0.39, 0.29) is 17.5 Å². The van der Waals surface area contributed by atoms with Crippen LogP contribution in [0.4, 0.5) is 0 Å². The second-order valence-electron chi connectivity index (χ2n) is 7.64. The van der Waals surface area contributed by atoms with Crippen molar-refractivity contribution in [2.45, 2.75) is 49.1 Å². The lowest BCUT2D eigenvalue weighted by molar-refractivity contribution is 0.0763. The van der Waals surface area contributed by atoms with Crippen LogP contribution < -0.4 is 5.32 Å². The molecule has 1 aliphatic carbocycles. The van der Waals surface area contributed by atoms with Crippen LogP contribution in [0.25, 0.3) is 0 Å². The van der Waals surface area contributed by atoms with Crippen LogP contribution in [0.15, 0.2) is 47.4 Å². The molecule has 1 saturated carbocycles. The third-order valence-electron chi connectivity index (χ3n) is 5.81. The van der Waals surface area contributed by atoms with Crippen molar-refractivity contribution in [1.29, 1.82) is 0 Å². The van der Waals surface area contributed by atoms with E-state index in [4.69, 9.17) is 11.6 Å². The minimum atomic E-state index is -0.101. The largest absolute Gasteiger partial charge is 0.343 e. The summed E-state index contributed by atoms with van der Waals surface area (Å²) in [6.07, 6.45) is 4.48. The van der Waals surface area contributed by atoms with Gasteiger partial charge in [0.15, 0.2) is 0 Å². The highest BCUT2D eigenvalue weighted by molar-refractivity contribution is 7.80. The van der Waals surface area contributed by atoms with Gasteiger partial charge >= 0.3 is 0 Å². The molecule has 1 aliphatic rings. The molecule has 0 radical (unpaired) electrons. The van der Waals surface area contributed by atoms with E-state index in [0.717, 1.165) is 24.0 Å². The van der Waals surface area contributed by atoms with Gasteiger partial charge in [-0.3, -0.25) is 4.79 Å². The zero-order valence-corrected chi connectivity index (χ0v) is 17.8. The molecule has 0 bridgehead atoms. The Labute approximate surface area is 172 Å². The summed E-state index contributed by atoms with van der Waals surface area (Å²) in [5.41, 5.74) is 2.47. The van der Waals surface area contributed by atoms with Crippen molar-refractivity contribution in [3.05, 3.63) is 64.2 Å². The van der Waals surface area contributed by atoms with E-state index in [0.29, 0.717) is 15.5 Å². The number of hydrogen-bond donors (Lipinski definition) is 2. The second-order valence-corrected chi connectivity index (χ2v) is 8.56. The Morgan fingerprint density at radius 2 is 1.81 bits per heavy atom. The number of carbonyl (C=O) groups excluding carboxylic acids is 1. The fourth-order valence-corrected chi connectivity index (χ4v) is 5.14. The first-order valence-electron chi connectivity index (χ1n) is 9.37. The molecule has 0 aliphatic heterocycles. The van der Waals surface area contributed by atoms with Gasteiger partial charge in [-0.2, -0.15) is 0 Å². The number of likely N-dealkylation sites (N-methyl/N-ethyl adjacent to an activating group) is 1. The fraction of sp³-hybridized carbons (Fsp3) is 0.409. The molecule has 3 nitrogen and oxygen atoms in total. The molecule has 0 aromatic heterocycles. The van der Waals surface area contributed by atoms with Crippen molar-refractivity contribution >= 4 is 30.1 Å². The quantitative estimate of drug-likeness (QED) is 0.666. The van der Waals surface area contributed by atoms with Crippen molar-refractivity contribution < 1.29 is 4.79 Å². The highest BCUT2D eigenvalue weighted by Crippen LogP contribution is 2.43. The first-order valence-corrected chi connectivity index (χ1v) is 10.2. The van der Waals surface area contributed by atoms with Gasteiger partial charge in [0.25, 0.3) is 5.91 Å². The zero-order chi connectivity index (χ0) is 19.6. The monoisotopic (exact) mass is 402 g/mol.